The maximum atomic E-state index is 5.89. The summed E-state index contributed by atoms with van der Waals surface area (Å²) >= 11 is 0. The molecule has 5 rings (SSSR count). The summed E-state index contributed by atoms with van der Waals surface area (Å²) in [5.74, 6) is 2.34. The fourth-order valence-corrected chi connectivity index (χ4v) is 3.25. The molecule has 0 unspecified atom stereocenters. The minimum absolute atomic E-state index is 0.429. The van der Waals surface area contributed by atoms with Crippen LogP contribution in [0.2, 0.25) is 0 Å². The molecule has 3 aromatic carbocycles. The van der Waals surface area contributed by atoms with Gasteiger partial charge in [0, 0.05) is 10.9 Å². The minimum Gasteiger partial charge on any atom is -0.489 e. The second-order valence-electron chi connectivity index (χ2n) is 7.08. The summed E-state index contributed by atoms with van der Waals surface area (Å²) in [6.45, 7) is 0.909. The SMILES string of the molecule is c1ccc2nc(COc3ccc(COc4ccc(-c5ncn[nH]5)cc4)cc3)ccc2c1. The van der Waals surface area contributed by atoms with Crippen molar-refractivity contribution in [2.24, 2.45) is 0 Å². The number of fused-ring (bicyclic) bond motifs is 1. The zero-order chi connectivity index (χ0) is 20.9. The van der Waals surface area contributed by atoms with E-state index in [2.05, 4.69) is 32.3 Å². The van der Waals surface area contributed by atoms with Gasteiger partial charge in [0.15, 0.2) is 5.82 Å². The third kappa shape index (κ3) is 4.53. The number of ether oxygens (including phenoxy) is 2. The van der Waals surface area contributed by atoms with Crippen LogP contribution in [0.25, 0.3) is 22.3 Å². The first-order valence-electron chi connectivity index (χ1n) is 9.98. The maximum Gasteiger partial charge on any atom is 0.155 e. The average molecular weight is 408 g/mol. The molecule has 1 N–H and O–H groups in total. The Labute approximate surface area is 179 Å². The smallest absolute Gasteiger partial charge is 0.155 e. The number of nitrogens with zero attached hydrogens (tertiary/aromatic N) is 3. The van der Waals surface area contributed by atoms with Gasteiger partial charge in [-0.1, -0.05) is 36.4 Å². The number of pyridine rings is 1. The molecule has 152 valence electrons. The van der Waals surface area contributed by atoms with Crippen molar-refractivity contribution in [1.29, 1.82) is 0 Å². The quantitative estimate of drug-likeness (QED) is 0.402. The summed E-state index contributed by atoms with van der Waals surface area (Å²) in [6.07, 6.45) is 1.49. The molecule has 0 aliphatic heterocycles. The van der Waals surface area contributed by atoms with Crippen molar-refractivity contribution in [2.45, 2.75) is 13.2 Å². The van der Waals surface area contributed by atoms with E-state index in [1.165, 1.54) is 6.33 Å². The van der Waals surface area contributed by atoms with E-state index >= 15 is 0 Å². The molecule has 0 spiro atoms. The van der Waals surface area contributed by atoms with Gasteiger partial charge in [-0.25, -0.2) is 9.97 Å². The van der Waals surface area contributed by atoms with E-state index in [9.17, 15) is 0 Å². The van der Waals surface area contributed by atoms with Crippen molar-refractivity contribution >= 4 is 10.9 Å². The Balaban J connectivity index is 1.15. The van der Waals surface area contributed by atoms with Crippen LogP contribution in [0, 0.1) is 0 Å². The van der Waals surface area contributed by atoms with Gasteiger partial charge in [0.1, 0.15) is 31.0 Å². The van der Waals surface area contributed by atoms with E-state index in [0.29, 0.717) is 13.2 Å². The highest BCUT2D eigenvalue weighted by atomic mass is 16.5. The lowest BCUT2D eigenvalue weighted by Crippen LogP contribution is -1.99. The number of benzene rings is 3. The fraction of sp³-hybridized carbons (Fsp3) is 0.0800. The first kappa shape index (κ1) is 18.8. The minimum atomic E-state index is 0.429. The number of aromatic amines is 1. The lowest BCUT2D eigenvalue weighted by atomic mass is 10.2. The van der Waals surface area contributed by atoms with Gasteiger partial charge in [-0.3, -0.25) is 5.10 Å². The van der Waals surface area contributed by atoms with E-state index in [1.54, 1.807) is 0 Å². The molecule has 0 saturated heterocycles. The van der Waals surface area contributed by atoms with Crippen LogP contribution in [0.4, 0.5) is 0 Å². The highest BCUT2D eigenvalue weighted by molar-refractivity contribution is 5.78. The van der Waals surface area contributed by atoms with Gasteiger partial charge in [0.05, 0.1) is 11.2 Å². The van der Waals surface area contributed by atoms with Crippen LogP contribution < -0.4 is 9.47 Å². The van der Waals surface area contributed by atoms with Crippen molar-refractivity contribution in [3.63, 3.8) is 0 Å². The van der Waals surface area contributed by atoms with E-state index in [4.69, 9.17) is 9.47 Å². The molecule has 2 heterocycles. The third-order valence-corrected chi connectivity index (χ3v) is 4.91. The van der Waals surface area contributed by atoms with E-state index in [0.717, 1.165) is 45.0 Å². The summed E-state index contributed by atoms with van der Waals surface area (Å²) in [5.41, 5.74) is 3.91. The molecule has 0 amide bonds. The molecule has 0 fully saturated rings. The second-order valence-corrected chi connectivity index (χ2v) is 7.08. The van der Waals surface area contributed by atoms with Gasteiger partial charge in [-0.15, -0.1) is 0 Å². The zero-order valence-corrected chi connectivity index (χ0v) is 16.7. The molecule has 0 radical (unpaired) electrons. The normalized spacial score (nSPS) is 10.8. The lowest BCUT2D eigenvalue weighted by Gasteiger charge is -2.09. The summed E-state index contributed by atoms with van der Waals surface area (Å²) < 4.78 is 11.8. The van der Waals surface area contributed by atoms with Crippen molar-refractivity contribution in [3.8, 4) is 22.9 Å². The highest BCUT2D eigenvalue weighted by Gasteiger charge is 2.03. The number of aromatic nitrogens is 4. The highest BCUT2D eigenvalue weighted by Crippen LogP contribution is 2.21. The Morgan fingerprint density at radius 1 is 0.710 bits per heavy atom. The Morgan fingerprint density at radius 3 is 2.23 bits per heavy atom. The Kier molecular flexibility index (Phi) is 5.26. The molecule has 6 heteroatoms. The van der Waals surface area contributed by atoms with Crippen molar-refractivity contribution in [3.05, 3.63) is 103 Å². The summed E-state index contributed by atoms with van der Waals surface area (Å²) in [7, 11) is 0. The van der Waals surface area contributed by atoms with Crippen LogP contribution in [0.5, 0.6) is 11.5 Å². The standard InChI is InChI=1S/C25H20N4O2/c1-2-4-24-19(3-1)7-10-21(28-24)16-31-22-11-5-18(6-12-22)15-30-23-13-8-20(9-14-23)25-26-17-27-29-25/h1-14,17H,15-16H2,(H,26,27,29). The van der Waals surface area contributed by atoms with Gasteiger partial charge in [-0.2, -0.15) is 5.10 Å². The van der Waals surface area contributed by atoms with Crippen LogP contribution in [0.3, 0.4) is 0 Å². The molecule has 2 aromatic heterocycles. The van der Waals surface area contributed by atoms with E-state index < -0.39 is 0 Å². The topological polar surface area (TPSA) is 72.9 Å². The number of para-hydroxylation sites is 1. The third-order valence-electron chi connectivity index (χ3n) is 4.91. The number of H-pyrrole nitrogens is 1. The maximum absolute atomic E-state index is 5.89. The molecule has 5 aromatic rings. The molecular weight excluding hydrogens is 388 g/mol. The molecule has 6 nitrogen and oxygen atoms in total. The first-order valence-corrected chi connectivity index (χ1v) is 9.98. The van der Waals surface area contributed by atoms with Crippen molar-refractivity contribution < 1.29 is 9.47 Å². The van der Waals surface area contributed by atoms with E-state index in [-0.39, 0.29) is 0 Å². The van der Waals surface area contributed by atoms with Gasteiger partial charge >= 0.3 is 0 Å². The Hall–Kier alpha value is -4.19. The molecule has 0 atom stereocenters. The monoisotopic (exact) mass is 408 g/mol. The number of hydrogen-bond acceptors (Lipinski definition) is 5. The largest absolute Gasteiger partial charge is 0.489 e. The first-order chi connectivity index (χ1) is 15.3. The van der Waals surface area contributed by atoms with Crippen LogP contribution in [-0.2, 0) is 13.2 Å². The van der Waals surface area contributed by atoms with Gasteiger partial charge < -0.3 is 9.47 Å². The van der Waals surface area contributed by atoms with Crippen molar-refractivity contribution in [2.75, 3.05) is 0 Å². The molecule has 0 aliphatic carbocycles. The number of hydrogen-bond donors (Lipinski definition) is 1. The molecule has 0 bridgehead atoms. The summed E-state index contributed by atoms with van der Waals surface area (Å²) in [5, 5.41) is 7.84. The fourth-order valence-electron chi connectivity index (χ4n) is 3.25. The van der Waals surface area contributed by atoms with Crippen LogP contribution in [0.1, 0.15) is 11.3 Å². The summed E-state index contributed by atoms with van der Waals surface area (Å²) in [4.78, 5) is 8.78. The molecular formula is C25H20N4O2. The molecule has 31 heavy (non-hydrogen) atoms. The molecule has 0 saturated carbocycles. The van der Waals surface area contributed by atoms with Gasteiger partial charge in [0.2, 0.25) is 0 Å². The second kappa shape index (κ2) is 8.67. The van der Waals surface area contributed by atoms with E-state index in [1.807, 2.05) is 72.8 Å². The average Bonchev–Trinajstić information content (AvgIpc) is 3.37. The predicted octanol–water partition coefficient (Wildman–Crippen LogP) is 5.18. The predicted molar refractivity (Wildman–Crippen MR) is 119 cm³/mol. The summed E-state index contributed by atoms with van der Waals surface area (Å²) in [6, 6.07) is 27.8. The van der Waals surface area contributed by atoms with Crippen LogP contribution in [-0.4, -0.2) is 20.2 Å². The zero-order valence-electron chi connectivity index (χ0n) is 16.7. The Morgan fingerprint density at radius 2 is 1.45 bits per heavy atom. The number of nitrogens with one attached hydrogen (secondary N) is 1. The van der Waals surface area contributed by atoms with Gasteiger partial charge in [0.25, 0.3) is 0 Å². The molecule has 0 aliphatic rings. The Bertz CT molecular complexity index is 1270. The van der Waals surface area contributed by atoms with Gasteiger partial charge in [-0.05, 0) is 54.1 Å². The van der Waals surface area contributed by atoms with Crippen LogP contribution >= 0.6 is 0 Å². The lowest BCUT2D eigenvalue weighted by molar-refractivity contribution is 0.298. The van der Waals surface area contributed by atoms with Crippen molar-refractivity contribution in [1.82, 2.24) is 20.2 Å². The van der Waals surface area contributed by atoms with Crippen LogP contribution in [0.15, 0.2) is 91.3 Å². The number of rotatable bonds is 7.